The van der Waals surface area contributed by atoms with Crippen LogP contribution >= 0.6 is 12.2 Å². The first kappa shape index (κ1) is 68.8. The Morgan fingerprint density at radius 3 is 1.69 bits per heavy atom. The molecule has 6 amide bonds. The molecule has 5 aromatic rings. The van der Waals surface area contributed by atoms with E-state index in [0.29, 0.717) is 107 Å². The fourth-order valence-electron chi connectivity index (χ4n) is 12.9. The summed E-state index contributed by atoms with van der Waals surface area (Å²) in [7, 11) is 3.37. The van der Waals surface area contributed by atoms with Crippen molar-refractivity contribution in [2.75, 3.05) is 65.2 Å². The molecule has 0 bridgehead atoms. The lowest BCUT2D eigenvalue weighted by Crippen LogP contribution is -2.59. The number of carbonyl (C=O) groups excluding carboxylic acids is 7. The Balaban J connectivity index is 0.837. The number of amides is 6. The quantitative estimate of drug-likeness (QED) is 0.0146. The number of phenols is 2. The molecule has 4 heterocycles. The van der Waals surface area contributed by atoms with Crippen molar-refractivity contribution >= 4 is 64.4 Å². The standard InChI is InChI=1S/C71H90N10O11S/c1-45(72-6)64(86)76-58(24-15-35-74-69(93)75-49-27-30-55-54(40-49)68(90)92-71(55)56-31-28-52(82)41-59(56)91-60-42-53(83)29-32-57(60)71)66(88)80-36-16-22-50(80)43-78(38-33-47-18-10-8-11-19-47)61(84)25-14-26-62(85)79(39-34-48-20-12-9-13-21-48)44-51-23-17-37-81(51)67(89)63(70(3,4)5)77-65(87)46(2)73-7/h8-13,18-21,27-32,40-42,45-46,50-51,58,63,72-73,82-83H,14-17,22-26,33-39,43-44H2,1-7H3,(H,76,86)(H,77,87)(H2,74,75,93)/t45-,46-,50-,51?,58-,63+/m0/s1. The lowest BCUT2D eigenvalue weighted by atomic mass is 9.77. The number of likely N-dealkylation sites (N-methyl/N-ethyl adjacent to an activating group) is 2. The number of nitrogens with one attached hydrogen (secondary N) is 6. The molecule has 0 aromatic heterocycles. The minimum Gasteiger partial charge on any atom is -0.508 e. The first-order valence-electron chi connectivity index (χ1n) is 32.6. The van der Waals surface area contributed by atoms with Gasteiger partial charge in [-0.3, -0.25) is 28.8 Å². The average molecular weight is 1290 g/mol. The van der Waals surface area contributed by atoms with Crippen LogP contribution in [0.25, 0.3) is 0 Å². The highest BCUT2D eigenvalue weighted by Crippen LogP contribution is 2.57. The van der Waals surface area contributed by atoms with E-state index in [0.717, 1.165) is 17.5 Å². The number of aromatic hydroxyl groups is 2. The first-order chi connectivity index (χ1) is 44.6. The third-order valence-corrected chi connectivity index (χ3v) is 18.6. The van der Waals surface area contributed by atoms with Gasteiger partial charge in [-0.2, -0.15) is 0 Å². The maximum absolute atomic E-state index is 14.9. The molecule has 21 nitrogen and oxygen atoms in total. The zero-order chi connectivity index (χ0) is 66.6. The van der Waals surface area contributed by atoms with Crippen molar-refractivity contribution in [3.05, 3.63) is 149 Å². The molecule has 1 spiro atoms. The highest BCUT2D eigenvalue weighted by molar-refractivity contribution is 7.80. The number of anilines is 1. The van der Waals surface area contributed by atoms with Crippen molar-refractivity contribution in [1.82, 2.24) is 46.2 Å². The van der Waals surface area contributed by atoms with Crippen molar-refractivity contribution in [2.24, 2.45) is 5.41 Å². The van der Waals surface area contributed by atoms with E-state index < -0.39 is 41.2 Å². The molecule has 22 heteroatoms. The molecule has 9 rings (SSSR count). The van der Waals surface area contributed by atoms with E-state index in [9.17, 15) is 43.8 Å². The van der Waals surface area contributed by atoms with Crippen molar-refractivity contribution in [3.63, 3.8) is 0 Å². The van der Waals surface area contributed by atoms with Crippen LogP contribution in [0, 0.1) is 5.41 Å². The van der Waals surface area contributed by atoms with Gasteiger partial charge in [-0.15, -0.1) is 0 Å². The van der Waals surface area contributed by atoms with Gasteiger partial charge in [0.15, 0.2) is 10.7 Å². The van der Waals surface area contributed by atoms with E-state index in [2.05, 4.69) is 31.9 Å². The maximum atomic E-state index is 14.9. The molecule has 8 N–H and O–H groups in total. The Morgan fingerprint density at radius 1 is 0.667 bits per heavy atom. The molecule has 93 heavy (non-hydrogen) atoms. The van der Waals surface area contributed by atoms with E-state index in [-0.39, 0.29) is 107 Å². The summed E-state index contributed by atoms with van der Waals surface area (Å²) < 4.78 is 12.3. The molecule has 1 unspecified atom stereocenters. The molecular formula is C71H90N10O11S. The van der Waals surface area contributed by atoms with Crippen LogP contribution in [0.5, 0.6) is 23.0 Å². The van der Waals surface area contributed by atoms with Crippen LogP contribution in [0.15, 0.2) is 115 Å². The van der Waals surface area contributed by atoms with Crippen LogP contribution in [0.2, 0.25) is 0 Å². The number of ether oxygens (including phenoxy) is 2. The molecule has 2 fully saturated rings. The van der Waals surface area contributed by atoms with Gasteiger partial charge in [0.05, 0.1) is 17.6 Å². The van der Waals surface area contributed by atoms with Gasteiger partial charge in [0.2, 0.25) is 35.4 Å². The second kappa shape index (κ2) is 30.9. The zero-order valence-corrected chi connectivity index (χ0v) is 55.2. The summed E-state index contributed by atoms with van der Waals surface area (Å²) in [5.74, 6) is -1.42. The van der Waals surface area contributed by atoms with Crippen LogP contribution in [0.4, 0.5) is 5.69 Å². The van der Waals surface area contributed by atoms with E-state index >= 15 is 0 Å². The van der Waals surface area contributed by atoms with Crippen LogP contribution in [-0.2, 0) is 51.9 Å². The van der Waals surface area contributed by atoms with E-state index in [4.69, 9.17) is 21.7 Å². The first-order valence-corrected chi connectivity index (χ1v) is 33.0. The minimum atomic E-state index is -1.43. The average Bonchev–Trinajstić information content (AvgIpc) is 1.62. The van der Waals surface area contributed by atoms with Crippen LogP contribution < -0.4 is 36.6 Å². The number of rotatable bonds is 27. The number of carbonyl (C=O) groups is 7. The Morgan fingerprint density at radius 2 is 1.17 bits per heavy atom. The summed E-state index contributed by atoms with van der Waals surface area (Å²) in [6.07, 6.45) is 5.19. The fraction of sp³-hybridized carbons (Fsp3) is 0.465. The fourth-order valence-corrected chi connectivity index (χ4v) is 13.1. The third-order valence-electron chi connectivity index (χ3n) is 18.3. The number of hydrogen-bond acceptors (Lipinski definition) is 14. The van der Waals surface area contributed by atoms with Gasteiger partial charge >= 0.3 is 5.97 Å². The molecule has 0 aliphatic carbocycles. The van der Waals surface area contributed by atoms with E-state index in [1.807, 2.05) is 96.1 Å². The summed E-state index contributed by atoms with van der Waals surface area (Å²) in [4.78, 5) is 106. The van der Waals surface area contributed by atoms with Crippen LogP contribution in [-0.4, -0.2) is 172 Å². The molecule has 0 saturated carbocycles. The Labute approximate surface area is 550 Å². The van der Waals surface area contributed by atoms with Crippen LogP contribution in [0.3, 0.4) is 0 Å². The molecule has 4 aliphatic heterocycles. The van der Waals surface area contributed by atoms with Crippen molar-refractivity contribution in [2.45, 2.75) is 147 Å². The number of thiocarbonyl (C=S) groups is 1. The monoisotopic (exact) mass is 1290 g/mol. The largest absolute Gasteiger partial charge is 0.508 e. The summed E-state index contributed by atoms with van der Waals surface area (Å²) in [6, 6.07) is 30.8. The van der Waals surface area contributed by atoms with Crippen LogP contribution in [0.1, 0.15) is 131 Å². The predicted octanol–water partition coefficient (Wildman–Crippen LogP) is 7.26. The van der Waals surface area contributed by atoms with Gasteiger partial charge in [0.25, 0.3) is 0 Å². The number of hydrogen-bond donors (Lipinski definition) is 8. The SMILES string of the molecule is CN[C@@H](C)C(=O)N[C@@H](CCCNC(=S)Nc1ccc2c(c1)C(=O)OC21c2ccc(O)cc2Oc2cc(O)ccc21)C(=O)N1CCC[C@H]1CN(CCc1ccccc1)C(=O)CCCC(=O)N(CCc1ccccc1)CC1CCCN1C(=O)[C@@H](NC(=O)[C@H](C)NC)C(C)(C)C. The van der Waals surface area contributed by atoms with Crippen molar-refractivity contribution in [1.29, 1.82) is 0 Å². The number of benzene rings is 5. The Hall–Kier alpha value is -8.60. The number of likely N-dealkylation sites (tertiary alicyclic amines) is 2. The molecular weight excluding hydrogens is 1200 g/mol. The van der Waals surface area contributed by atoms with Gasteiger partial charge < -0.3 is 71.2 Å². The Bertz CT molecular complexity index is 3460. The number of phenolic OH excluding ortho intramolecular Hbond substituents is 2. The van der Waals surface area contributed by atoms with Crippen molar-refractivity contribution < 1.29 is 53.2 Å². The molecule has 5 aromatic carbocycles. The molecule has 2 saturated heterocycles. The lowest BCUT2D eigenvalue weighted by molar-refractivity contribution is -0.142. The number of esters is 1. The lowest BCUT2D eigenvalue weighted by Gasteiger charge is -2.37. The van der Waals surface area contributed by atoms with E-state index in [1.54, 1.807) is 63.2 Å². The molecule has 4 aliphatic rings. The number of fused-ring (bicyclic) bond motifs is 6. The van der Waals surface area contributed by atoms with Gasteiger partial charge in [-0.25, -0.2) is 4.79 Å². The highest BCUT2D eigenvalue weighted by Gasteiger charge is 2.54. The second-order valence-electron chi connectivity index (χ2n) is 25.9. The summed E-state index contributed by atoms with van der Waals surface area (Å²) in [5, 5.41) is 39.2. The molecule has 0 radical (unpaired) electrons. The highest BCUT2D eigenvalue weighted by atomic mass is 32.1. The van der Waals surface area contributed by atoms with Gasteiger partial charge in [-0.05, 0) is 151 Å². The van der Waals surface area contributed by atoms with Gasteiger partial charge in [0.1, 0.15) is 35.1 Å². The number of nitrogens with zero attached hydrogens (tertiary/aromatic N) is 4. The predicted molar refractivity (Wildman–Crippen MR) is 359 cm³/mol. The smallest absolute Gasteiger partial charge is 0.340 e. The van der Waals surface area contributed by atoms with E-state index in [1.165, 1.54) is 24.3 Å². The topological polar surface area (TPSA) is 264 Å². The third kappa shape index (κ3) is 16.6. The molecule has 496 valence electrons. The summed E-state index contributed by atoms with van der Waals surface area (Å²) >= 11 is 5.73. The molecule has 6 atom stereocenters. The van der Waals surface area contributed by atoms with Gasteiger partial charge in [0, 0.05) is 105 Å². The van der Waals surface area contributed by atoms with Gasteiger partial charge in [-0.1, -0.05) is 87.5 Å². The summed E-state index contributed by atoms with van der Waals surface area (Å²) in [5.41, 5.74) is 2.44. The normalized spacial score (nSPS) is 17.3. The van der Waals surface area contributed by atoms with Crippen molar-refractivity contribution in [3.8, 4) is 23.0 Å². The maximum Gasteiger partial charge on any atom is 0.340 e. The summed E-state index contributed by atoms with van der Waals surface area (Å²) in [6.45, 7) is 12.0. The zero-order valence-electron chi connectivity index (χ0n) is 54.4. The minimum absolute atomic E-state index is 0.0496. The second-order valence-corrected chi connectivity index (χ2v) is 26.3. The Kier molecular flexibility index (Phi) is 22.8.